The van der Waals surface area contributed by atoms with E-state index in [1.807, 2.05) is 6.07 Å². The van der Waals surface area contributed by atoms with Gasteiger partial charge in [0.2, 0.25) is 11.9 Å². The van der Waals surface area contributed by atoms with Crippen LogP contribution in [0.4, 0.5) is 17.3 Å². The van der Waals surface area contributed by atoms with Crippen molar-refractivity contribution >= 4 is 34.8 Å². The number of nitriles is 1. The number of aromatic amines is 1. The predicted molar refractivity (Wildman–Crippen MR) is 131 cm³/mol. The lowest BCUT2D eigenvalue weighted by atomic mass is 9.86. The number of carbonyl (C=O) groups is 1. The molecule has 0 bridgehead atoms. The van der Waals surface area contributed by atoms with Crippen molar-refractivity contribution in [3.63, 3.8) is 0 Å². The van der Waals surface area contributed by atoms with Crippen molar-refractivity contribution in [3.05, 3.63) is 69.5 Å². The fourth-order valence-corrected chi connectivity index (χ4v) is 4.23. The third-order valence-corrected chi connectivity index (χ3v) is 6.12. The topological polar surface area (TPSA) is 120 Å². The zero-order valence-electron chi connectivity index (χ0n) is 18.6. The minimum absolute atomic E-state index is 0.0663. The van der Waals surface area contributed by atoms with Gasteiger partial charge in [0.05, 0.1) is 11.8 Å². The first-order chi connectivity index (χ1) is 16.5. The number of nitrogens with one attached hydrogen (secondary N) is 3. The molecule has 3 aromatic rings. The van der Waals surface area contributed by atoms with Crippen LogP contribution in [0, 0.1) is 17.2 Å². The zero-order valence-corrected chi connectivity index (χ0v) is 19.4. The van der Waals surface area contributed by atoms with Crippen LogP contribution in [0.5, 0.6) is 0 Å². The van der Waals surface area contributed by atoms with E-state index in [1.54, 1.807) is 55.6 Å². The second-order valence-electron chi connectivity index (χ2n) is 8.17. The SMILES string of the molecule is COC1CCCC(C(=O)Nc2cccc(-c3nc(Nc4ccc(Cl)cc4)[nH]c(=O)c3C#N)c2)C1. The van der Waals surface area contributed by atoms with E-state index in [2.05, 4.69) is 20.6 Å². The highest BCUT2D eigenvalue weighted by Gasteiger charge is 2.27. The largest absolute Gasteiger partial charge is 0.381 e. The van der Waals surface area contributed by atoms with E-state index in [1.165, 1.54) is 0 Å². The lowest BCUT2D eigenvalue weighted by Crippen LogP contribution is -2.31. The van der Waals surface area contributed by atoms with Crippen LogP contribution in [0.2, 0.25) is 5.02 Å². The molecule has 4 rings (SSSR count). The first-order valence-corrected chi connectivity index (χ1v) is 11.4. The van der Waals surface area contributed by atoms with Crippen molar-refractivity contribution < 1.29 is 9.53 Å². The molecule has 3 N–H and O–H groups in total. The van der Waals surface area contributed by atoms with Crippen LogP contribution in [0.25, 0.3) is 11.3 Å². The maximum Gasteiger partial charge on any atom is 0.270 e. The quantitative estimate of drug-likeness (QED) is 0.466. The molecule has 34 heavy (non-hydrogen) atoms. The Kier molecular flexibility index (Phi) is 7.26. The maximum absolute atomic E-state index is 12.8. The molecule has 1 amide bonds. The lowest BCUT2D eigenvalue weighted by molar-refractivity contribution is -0.122. The molecule has 0 spiro atoms. The number of benzene rings is 2. The van der Waals surface area contributed by atoms with Gasteiger partial charge >= 0.3 is 0 Å². The number of aromatic nitrogens is 2. The molecular weight excluding hydrogens is 454 g/mol. The van der Waals surface area contributed by atoms with E-state index in [0.717, 1.165) is 19.3 Å². The van der Waals surface area contributed by atoms with Gasteiger partial charge < -0.3 is 15.4 Å². The molecular formula is C25H24ClN5O3. The number of hydrogen-bond donors (Lipinski definition) is 3. The fraction of sp³-hybridized carbons (Fsp3) is 0.280. The summed E-state index contributed by atoms with van der Waals surface area (Å²) in [6.45, 7) is 0. The number of methoxy groups -OCH3 is 1. The number of nitrogens with zero attached hydrogens (tertiary/aromatic N) is 2. The highest BCUT2D eigenvalue weighted by molar-refractivity contribution is 6.30. The molecule has 1 aromatic heterocycles. The summed E-state index contributed by atoms with van der Waals surface area (Å²) >= 11 is 5.93. The summed E-state index contributed by atoms with van der Waals surface area (Å²) in [5.74, 6) is -0.00292. The van der Waals surface area contributed by atoms with Gasteiger partial charge in [0.1, 0.15) is 11.6 Å². The summed E-state index contributed by atoms with van der Waals surface area (Å²) in [4.78, 5) is 32.5. The molecule has 2 atom stereocenters. The molecule has 0 aliphatic heterocycles. The van der Waals surface area contributed by atoms with Gasteiger partial charge in [0.25, 0.3) is 5.56 Å². The Hall–Kier alpha value is -3.67. The van der Waals surface area contributed by atoms with E-state index in [4.69, 9.17) is 16.3 Å². The van der Waals surface area contributed by atoms with Crippen LogP contribution in [0.1, 0.15) is 31.2 Å². The summed E-state index contributed by atoms with van der Waals surface area (Å²) in [5, 5.41) is 16.1. The summed E-state index contributed by atoms with van der Waals surface area (Å²) in [7, 11) is 1.67. The maximum atomic E-state index is 12.8. The van der Waals surface area contributed by atoms with Crippen LogP contribution in [-0.2, 0) is 9.53 Å². The monoisotopic (exact) mass is 477 g/mol. The zero-order chi connectivity index (χ0) is 24.1. The minimum Gasteiger partial charge on any atom is -0.381 e. The highest BCUT2D eigenvalue weighted by atomic mass is 35.5. The van der Waals surface area contributed by atoms with Gasteiger partial charge in [-0.05, 0) is 55.7 Å². The van der Waals surface area contributed by atoms with Gasteiger partial charge in [-0.1, -0.05) is 30.2 Å². The molecule has 8 nitrogen and oxygen atoms in total. The van der Waals surface area contributed by atoms with Crippen molar-refractivity contribution in [3.8, 4) is 17.3 Å². The number of carbonyl (C=O) groups excluding carboxylic acids is 1. The van der Waals surface area contributed by atoms with Crippen molar-refractivity contribution in [2.45, 2.75) is 31.8 Å². The molecule has 1 saturated carbocycles. The first-order valence-electron chi connectivity index (χ1n) is 11.0. The predicted octanol–water partition coefficient (Wildman–Crippen LogP) is 4.85. The van der Waals surface area contributed by atoms with Crippen LogP contribution < -0.4 is 16.2 Å². The normalized spacial score (nSPS) is 17.6. The molecule has 2 unspecified atom stereocenters. The molecule has 1 aliphatic rings. The van der Waals surface area contributed by atoms with Crippen molar-refractivity contribution in [2.24, 2.45) is 5.92 Å². The number of hydrogen-bond acceptors (Lipinski definition) is 6. The molecule has 0 saturated heterocycles. The Bertz CT molecular complexity index is 1280. The third kappa shape index (κ3) is 5.45. The van der Waals surface area contributed by atoms with Crippen molar-refractivity contribution in [2.75, 3.05) is 17.7 Å². The molecule has 1 fully saturated rings. The first kappa shape index (κ1) is 23.5. The average Bonchev–Trinajstić information content (AvgIpc) is 2.85. The Labute approximate surface area is 201 Å². The smallest absolute Gasteiger partial charge is 0.270 e. The molecule has 0 radical (unpaired) electrons. The van der Waals surface area contributed by atoms with E-state index in [0.29, 0.717) is 28.4 Å². The molecule has 2 aromatic carbocycles. The number of ether oxygens (including phenoxy) is 1. The summed E-state index contributed by atoms with van der Waals surface area (Å²) < 4.78 is 5.43. The number of anilines is 3. The van der Waals surface area contributed by atoms with Crippen molar-refractivity contribution in [1.82, 2.24) is 9.97 Å². The van der Waals surface area contributed by atoms with Gasteiger partial charge in [-0.2, -0.15) is 5.26 Å². The second-order valence-corrected chi connectivity index (χ2v) is 8.61. The highest BCUT2D eigenvalue weighted by Crippen LogP contribution is 2.29. The Morgan fingerprint density at radius 1 is 1.21 bits per heavy atom. The summed E-state index contributed by atoms with van der Waals surface area (Å²) in [6.07, 6.45) is 3.52. The van der Waals surface area contributed by atoms with Crippen LogP contribution >= 0.6 is 11.6 Å². The van der Waals surface area contributed by atoms with Gasteiger partial charge in [0.15, 0.2) is 0 Å². The van der Waals surface area contributed by atoms with Gasteiger partial charge in [-0.25, -0.2) is 4.98 Å². The van der Waals surface area contributed by atoms with E-state index in [9.17, 15) is 14.9 Å². The van der Waals surface area contributed by atoms with Gasteiger partial charge in [-0.3, -0.25) is 14.6 Å². The number of amides is 1. The Balaban J connectivity index is 1.60. The van der Waals surface area contributed by atoms with E-state index < -0.39 is 5.56 Å². The van der Waals surface area contributed by atoms with E-state index in [-0.39, 0.29) is 35.1 Å². The van der Waals surface area contributed by atoms with E-state index >= 15 is 0 Å². The molecule has 174 valence electrons. The number of H-pyrrole nitrogens is 1. The van der Waals surface area contributed by atoms with Crippen LogP contribution in [-0.4, -0.2) is 29.1 Å². The number of halogens is 1. The molecule has 1 heterocycles. The minimum atomic E-state index is -0.564. The lowest BCUT2D eigenvalue weighted by Gasteiger charge is -2.27. The average molecular weight is 478 g/mol. The standard InChI is InChI=1S/C25H24ClN5O3/c1-34-20-7-3-5-16(13-20)23(32)28-19-6-2-4-15(12-19)22-21(14-27)24(33)31-25(30-22)29-18-10-8-17(26)9-11-18/h2,4,6,8-12,16,20H,3,5,7,13H2,1H3,(H,28,32)(H2,29,30,31,33). The summed E-state index contributed by atoms with van der Waals surface area (Å²) in [6, 6.07) is 15.8. The summed E-state index contributed by atoms with van der Waals surface area (Å²) in [5.41, 5.74) is 1.33. The van der Waals surface area contributed by atoms with Gasteiger partial charge in [-0.15, -0.1) is 0 Å². The van der Waals surface area contributed by atoms with Crippen LogP contribution in [0.3, 0.4) is 0 Å². The molecule has 9 heteroatoms. The number of rotatable bonds is 6. The third-order valence-electron chi connectivity index (χ3n) is 5.87. The van der Waals surface area contributed by atoms with Crippen LogP contribution in [0.15, 0.2) is 53.3 Å². The van der Waals surface area contributed by atoms with Gasteiger partial charge in [0, 0.05) is 35.0 Å². The Morgan fingerprint density at radius 2 is 2.00 bits per heavy atom. The Morgan fingerprint density at radius 3 is 2.74 bits per heavy atom. The molecule has 1 aliphatic carbocycles. The second kappa shape index (κ2) is 10.5. The van der Waals surface area contributed by atoms with Crippen molar-refractivity contribution in [1.29, 1.82) is 5.26 Å². The fourth-order valence-electron chi connectivity index (χ4n) is 4.10.